The molecule has 2 heterocycles. The Kier molecular flexibility index (Phi) is 7.76. The van der Waals surface area contributed by atoms with Crippen molar-refractivity contribution in [2.75, 3.05) is 6.67 Å². The number of fused-ring (bicyclic) bond motifs is 1. The molecular formula is C36H32F3N3O4. The van der Waals surface area contributed by atoms with Gasteiger partial charge in [-0.15, -0.1) is 0 Å². The first kappa shape index (κ1) is 30.0. The SMILES string of the molecule is O=C(O)c1ccc2nc(Cc3ccc(-c4cccc(OCc5ccc(C(O)C6CC6)cc5F)n4)cc3F)n(CC3(CF)CC3)c2c1. The van der Waals surface area contributed by atoms with Gasteiger partial charge in [0.2, 0.25) is 5.88 Å². The number of alkyl halides is 1. The fourth-order valence-corrected chi connectivity index (χ4v) is 5.84. The van der Waals surface area contributed by atoms with E-state index in [1.54, 1.807) is 48.5 Å². The first-order valence-electron chi connectivity index (χ1n) is 15.4. The fraction of sp³-hybridized carbons (Fsp3) is 0.306. The fourth-order valence-electron chi connectivity index (χ4n) is 5.84. The second-order valence-corrected chi connectivity index (χ2v) is 12.5. The van der Waals surface area contributed by atoms with Crippen LogP contribution in [0.25, 0.3) is 22.3 Å². The largest absolute Gasteiger partial charge is 0.478 e. The van der Waals surface area contributed by atoms with E-state index in [2.05, 4.69) is 9.97 Å². The molecule has 236 valence electrons. The molecule has 2 fully saturated rings. The van der Waals surface area contributed by atoms with Crippen molar-refractivity contribution >= 4 is 17.0 Å². The third-order valence-electron chi connectivity index (χ3n) is 9.09. The van der Waals surface area contributed by atoms with Crippen LogP contribution in [0.5, 0.6) is 5.88 Å². The number of hydrogen-bond acceptors (Lipinski definition) is 5. The standard InChI is InChI=1S/C36H32F3N3O4/c37-19-36(12-13-36)20-42-31-16-25(35(44)45)10-11-30(31)40-32(42)17-22-6-7-23(14-27(22)38)29-2-1-3-33(41-29)46-18-26-9-8-24(15-28(26)39)34(43)21-4-5-21/h1-3,6-11,14-16,21,34,43H,4-5,12-13,17-20H2,(H,44,45). The average molecular weight is 628 g/mol. The summed E-state index contributed by atoms with van der Waals surface area (Å²) in [5, 5.41) is 19.8. The highest BCUT2D eigenvalue weighted by Crippen LogP contribution is 2.48. The van der Waals surface area contributed by atoms with Crippen LogP contribution in [0.3, 0.4) is 0 Å². The van der Waals surface area contributed by atoms with Crippen LogP contribution in [0.2, 0.25) is 0 Å². The molecular weight excluding hydrogens is 595 g/mol. The molecule has 0 amide bonds. The van der Waals surface area contributed by atoms with Gasteiger partial charge in [-0.05, 0) is 79.1 Å². The van der Waals surface area contributed by atoms with Crippen LogP contribution in [0.15, 0.2) is 72.8 Å². The summed E-state index contributed by atoms with van der Waals surface area (Å²) in [4.78, 5) is 20.8. The molecule has 46 heavy (non-hydrogen) atoms. The number of aliphatic hydroxyl groups excluding tert-OH is 1. The summed E-state index contributed by atoms with van der Waals surface area (Å²) in [6.45, 7) is -0.214. The van der Waals surface area contributed by atoms with E-state index >= 15 is 4.39 Å². The molecule has 5 aromatic rings. The van der Waals surface area contributed by atoms with Gasteiger partial charge in [0.15, 0.2) is 0 Å². The molecule has 2 aliphatic carbocycles. The first-order chi connectivity index (χ1) is 22.2. The lowest BCUT2D eigenvalue weighted by Gasteiger charge is -2.16. The zero-order valence-electron chi connectivity index (χ0n) is 24.9. The second kappa shape index (κ2) is 11.9. The van der Waals surface area contributed by atoms with Crippen LogP contribution in [-0.2, 0) is 19.6 Å². The van der Waals surface area contributed by atoms with E-state index in [1.165, 1.54) is 24.3 Å². The molecule has 1 atom stereocenters. The van der Waals surface area contributed by atoms with E-state index in [9.17, 15) is 23.8 Å². The molecule has 2 saturated carbocycles. The van der Waals surface area contributed by atoms with Crippen molar-refractivity contribution in [3.63, 3.8) is 0 Å². The molecule has 0 saturated heterocycles. The molecule has 2 aliphatic rings. The minimum atomic E-state index is -1.07. The number of aliphatic hydroxyl groups is 1. The van der Waals surface area contributed by atoms with Crippen molar-refractivity contribution in [1.29, 1.82) is 0 Å². The van der Waals surface area contributed by atoms with E-state index in [0.29, 0.717) is 51.4 Å². The summed E-state index contributed by atoms with van der Waals surface area (Å²) in [6, 6.07) is 19.2. The van der Waals surface area contributed by atoms with Gasteiger partial charge in [-0.25, -0.2) is 23.5 Å². The van der Waals surface area contributed by atoms with E-state index in [0.717, 1.165) is 25.7 Å². The zero-order chi connectivity index (χ0) is 32.0. The number of aromatic nitrogens is 3. The number of carboxylic acids is 1. The Balaban J connectivity index is 1.09. The number of carboxylic acid groups (broad SMARTS) is 1. The highest BCUT2D eigenvalue weighted by Gasteiger charge is 2.44. The third kappa shape index (κ3) is 6.09. The number of pyridine rings is 1. The average Bonchev–Trinajstić information content (AvgIpc) is 4.00. The van der Waals surface area contributed by atoms with Crippen molar-refractivity contribution in [3.05, 3.63) is 113 Å². The maximum absolute atomic E-state index is 15.6. The first-order valence-corrected chi connectivity index (χ1v) is 15.4. The van der Waals surface area contributed by atoms with Crippen LogP contribution in [0, 0.1) is 23.0 Å². The summed E-state index contributed by atoms with van der Waals surface area (Å²) in [6.07, 6.45) is 2.83. The Morgan fingerprint density at radius 2 is 1.76 bits per heavy atom. The van der Waals surface area contributed by atoms with Crippen molar-refractivity contribution < 1.29 is 32.9 Å². The van der Waals surface area contributed by atoms with Gasteiger partial charge in [-0.3, -0.25) is 4.39 Å². The summed E-state index contributed by atoms with van der Waals surface area (Å²) >= 11 is 0. The van der Waals surface area contributed by atoms with E-state index in [4.69, 9.17) is 4.74 Å². The lowest BCUT2D eigenvalue weighted by atomic mass is 10.0. The van der Waals surface area contributed by atoms with E-state index in [-0.39, 0.29) is 30.4 Å². The molecule has 3 aromatic carbocycles. The quantitative estimate of drug-likeness (QED) is 0.149. The van der Waals surface area contributed by atoms with Gasteiger partial charge in [0.05, 0.1) is 35.1 Å². The summed E-state index contributed by atoms with van der Waals surface area (Å²) in [7, 11) is 0. The summed E-state index contributed by atoms with van der Waals surface area (Å²) in [5.41, 5.74) is 3.01. The third-order valence-corrected chi connectivity index (χ3v) is 9.09. The number of carbonyl (C=O) groups is 1. The minimum Gasteiger partial charge on any atom is -0.478 e. The predicted octanol–water partition coefficient (Wildman–Crippen LogP) is 7.44. The molecule has 10 heteroatoms. The molecule has 0 bridgehead atoms. The Bertz CT molecular complexity index is 1950. The Hall–Kier alpha value is -4.70. The molecule has 0 spiro atoms. The topological polar surface area (TPSA) is 97.5 Å². The number of halogens is 3. The Morgan fingerprint density at radius 3 is 2.46 bits per heavy atom. The van der Waals surface area contributed by atoms with Crippen molar-refractivity contribution in [2.45, 2.75) is 51.4 Å². The second-order valence-electron chi connectivity index (χ2n) is 12.5. The van der Waals surface area contributed by atoms with Gasteiger partial charge >= 0.3 is 5.97 Å². The maximum Gasteiger partial charge on any atom is 0.335 e. The van der Waals surface area contributed by atoms with Gasteiger partial charge in [-0.1, -0.05) is 30.3 Å². The van der Waals surface area contributed by atoms with Gasteiger partial charge < -0.3 is 19.5 Å². The summed E-state index contributed by atoms with van der Waals surface area (Å²) in [5.74, 6) is -1.03. The van der Waals surface area contributed by atoms with Gasteiger partial charge in [-0.2, -0.15) is 0 Å². The molecule has 1 unspecified atom stereocenters. The number of hydrogen-bond donors (Lipinski definition) is 2. The lowest BCUT2D eigenvalue weighted by Crippen LogP contribution is -2.16. The minimum absolute atomic E-state index is 0.0615. The number of nitrogens with zero attached hydrogens (tertiary/aromatic N) is 3. The van der Waals surface area contributed by atoms with E-state index in [1.807, 2.05) is 4.57 Å². The predicted molar refractivity (Wildman–Crippen MR) is 165 cm³/mol. The van der Waals surface area contributed by atoms with Crippen LogP contribution in [0.4, 0.5) is 13.2 Å². The summed E-state index contributed by atoms with van der Waals surface area (Å²) < 4.78 is 51.8. The molecule has 7 rings (SSSR count). The molecule has 0 aliphatic heterocycles. The highest BCUT2D eigenvalue weighted by atomic mass is 19.1. The monoisotopic (exact) mass is 627 g/mol. The number of rotatable bonds is 12. The number of ether oxygens (including phenoxy) is 1. The lowest BCUT2D eigenvalue weighted by molar-refractivity contribution is 0.0697. The van der Waals surface area contributed by atoms with Crippen LogP contribution < -0.4 is 4.74 Å². The number of benzene rings is 3. The molecule has 2 N–H and O–H groups in total. The van der Waals surface area contributed by atoms with Crippen LogP contribution >= 0.6 is 0 Å². The van der Waals surface area contributed by atoms with E-state index < -0.39 is 35.8 Å². The molecule has 7 nitrogen and oxygen atoms in total. The van der Waals surface area contributed by atoms with Crippen LogP contribution in [-0.4, -0.2) is 37.4 Å². The van der Waals surface area contributed by atoms with Crippen molar-refractivity contribution in [3.8, 4) is 17.1 Å². The Morgan fingerprint density at radius 1 is 0.978 bits per heavy atom. The normalized spacial score (nSPS) is 16.0. The highest BCUT2D eigenvalue weighted by molar-refractivity contribution is 5.92. The van der Waals surface area contributed by atoms with Gasteiger partial charge in [0.25, 0.3) is 0 Å². The molecule has 0 radical (unpaired) electrons. The maximum atomic E-state index is 15.6. The number of imidazole rings is 1. The van der Waals surface area contributed by atoms with Crippen molar-refractivity contribution in [2.24, 2.45) is 11.3 Å². The van der Waals surface area contributed by atoms with Crippen molar-refractivity contribution in [1.82, 2.24) is 14.5 Å². The Labute approximate surface area is 263 Å². The van der Waals surface area contributed by atoms with Gasteiger partial charge in [0, 0.05) is 35.6 Å². The zero-order valence-corrected chi connectivity index (χ0v) is 24.9. The van der Waals surface area contributed by atoms with Gasteiger partial charge in [0.1, 0.15) is 24.1 Å². The smallest absolute Gasteiger partial charge is 0.335 e. The number of aromatic carboxylic acids is 1. The van der Waals surface area contributed by atoms with Crippen LogP contribution in [0.1, 0.15) is 64.7 Å². The molecule has 2 aromatic heterocycles.